The van der Waals surface area contributed by atoms with Crippen molar-refractivity contribution in [2.45, 2.75) is 19.8 Å². The lowest BCUT2D eigenvalue weighted by molar-refractivity contribution is 0.633. The van der Waals surface area contributed by atoms with E-state index < -0.39 is 0 Å². The largest absolute Gasteiger partial charge is 0.396 e. The molecular weight excluding hydrogens is 217 g/mol. The van der Waals surface area contributed by atoms with E-state index >= 15 is 0 Å². The van der Waals surface area contributed by atoms with Crippen LogP contribution >= 0.6 is 0 Å². The molecule has 0 aliphatic carbocycles. The highest BCUT2D eigenvalue weighted by Crippen LogP contribution is 2.29. The summed E-state index contributed by atoms with van der Waals surface area (Å²) >= 11 is 0. The van der Waals surface area contributed by atoms with E-state index in [-0.39, 0.29) is 11.5 Å². The van der Waals surface area contributed by atoms with Gasteiger partial charge in [-0.15, -0.1) is 0 Å². The third-order valence-electron chi connectivity index (χ3n) is 2.72. The molecule has 4 heteroatoms. The predicted molar refractivity (Wildman–Crippen MR) is 67.1 cm³/mol. The van der Waals surface area contributed by atoms with Crippen LogP contribution in [-0.4, -0.2) is 9.78 Å². The van der Waals surface area contributed by atoms with Crippen LogP contribution in [0.4, 0.5) is 10.1 Å². The van der Waals surface area contributed by atoms with Crippen LogP contribution in [0.1, 0.15) is 25.5 Å². The molecule has 0 aliphatic heterocycles. The van der Waals surface area contributed by atoms with E-state index in [4.69, 9.17) is 5.73 Å². The Kier molecular flexibility index (Phi) is 2.88. The summed E-state index contributed by atoms with van der Waals surface area (Å²) in [6, 6.07) is 4.86. The molecule has 2 N–H and O–H groups in total. The van der Waals surface area contributed by atoms with Crippen LogP contribution in [0.15, 0.2) is 24.4 Å². The van der Waals surface area contributed by atoms with Gasteiger partial charge in [0, 0.05) is 18.8 Å². The van der Waals surface area contributed by atoms with Crippen molar-refractivity contribution in [3.05, 3.63) is 35.9 Å². The number of hydrogen-bond donors (Lipinski definition) is 1. The average Bonchev–Trinajstić information content (AvgIpc) is 2.64. The SMILES string of the molecule is CC(C)c1nn(C)cc1-c1ccc(N)c(F)c1. The maximum atomic E-state index is 13.5. The van der Waals surface area contributed by atoms with E-state index in [0.29, 0.717) is 5.92 Å². The topological polar surface area (TPSA) is 43.8 Å². The third kappa shape index (κ3) is 2.16. The average molecular weight is 233 g/mol. The predicted octanol–water partition coefficient (Wildman–Crippen LogP) is 2.93. The molecule has 17 heavy (non-hydrogen) atoms. The molecule has 1 aromatic heterocycles. The van der Waals surface area contributed by atoms with Crippen molar-refractivity contribution in [2.75, 3.05) is 5.73 Å². The zero-order chi connectivity index (χ0) is 12.6. The molecule has 0 radical (unpaired) electrons. The first-order valence-corrected chi connectivity index (χ1v) is 5.58. The van der Waals surface area contributed by atoms with Crippen LogP contribution in [0.25, 0.3) is 11.1 Å². The number of benzene rings is 1. The Bertz CT molecular complexity index is 544. The van der Waals surface area contributed by atoms with Crippen LogP contribution in [0.2, 0.25) is 0 Å². The highest BCUT2D eigenvalue weighted by Gasteiger charge is 2.14. The van der Waals surface area contributed by atoms with Crippen LogP contribution in [0.3, 0.4) is 0 Å². The van der Waals surface area contributed by atoms with Gasteiger partial charge < -0.3 is 5.73 Å². The fourth-order valence-corrected chi connectivity index (χ4v) is 1.85. The summed E-state index contributed by atoms with van der Waals surface area (Å²) in [5.41, 5.74) is 8.39. The van der Waals surface area contributed by atoms with Crippen LogP contribution in [-0.2, 0) is 7.05 Å². The lowest BCUT2D eigenvalue weighted by Crippen LogP contribution is -1.94. The number of aromatic nitrogens is 2. The number of nitrogens with zero attached hydrogens (tertiary/aromatic N) is 2. The molecule has 0 unspecified atom stereocenters. The Morgan fingerprint density at radius 2 is 2.06 bits per heavy atom. The van der Waals surface area contributed by atoms with Gasteiger partial charge in [0.2, 0.25) is 0 Å². The number of nitrogens with two attached hydrogens (primary N) is 1. The van der Waals surface area contributed by atoms with E-state index in [1.54, 1.807) is 10.7 Å². The highest BCUT2D eigenvalue weighted by atomic mass is 19.1. The maximum absolute atomic E-state index is 13.5. The Morgan fingerprint density at radius 1 is 1.35 bits per heavy atom. The first-order chi connectivity index (χ1) is 7.99. The van der Waals surface area contributed by atoms with E-state index in [0.717, 1.165) is 16.8 Å². The fourth-order valence-electron chi connectivity index (χ4n) is 1.85. The van der Waals surface area contributed by atoms with Crippen molar-refractivity contribution >= 4 is 5.69 Å². The number of halogens is 1. The molecule has 0 saturated heterocycles. The van der Waals surface area contributed by atoms with Crippen molar-refractivity contribution in [1.29, 1.82) is 0 Å². The maximum Gasteiger partial charge on any atom is 0.146 e. The van der Waals surface area contributed by atoms with Crippen molar-refractivity contribution in [3.63, 3.8) is 0 Å². The van der Waals surface area contributed by atoms with E-state index in [1.807, 2.05) is 19.3 Å². The molecule has 0 fully saturated rings. The third-order valence-corrected chi connectivity index (χ3v) is 2.72. The molecule has 1 aromatic carbocycles. The minimum atomic E-state index is -0.388. The quantitative estimate of drug-likeness (QED) is 0.810. The summed E-state index contributed by atoms with van der Waals surface area (Å²) in [6.07, 6.45) is 1.90. The number of rotatable bonds is 2. The molecule has 0 spiro atoms. The van der Waals surface area contributed by atoms with Crippen molar-refractivity contribution in [1.82, 2.24) is 9.78 Å². The van der Waals surface area contributed by atoms with E-state index in [1.165, 1.54) is 6.07 Å². The monoisotopic (exact) mass is 233 g/mol. The van der Waals surface area contributed by atoms with Gasteiger partial charge in [-0.25, -0.2) is 4.39 Å². The lowest BCUT2D eigenvalue weighted by atomic mass is 10.00. The Balaban J connectivity index is 2.55. The minimum absolute atomic E-state index is 0.170. The van der Waals surface area contributed by atoms with Gasteiger partial charge in [-0.2, -0.15) is 5.10 Å². The first-order valence-electron chi connectivity index (χ1n) is 5.58. The smallest absolute Gasteiger partial charge is 0.146 e. The zero-order valence-corrected chi connectivity index (χ0v) is 10.2. The molecule has 0 aliphatic rings. The summed E-state index contributed by atoms with van der Waals surface area (Å²) in [4.78, 5) is 0. The second-order valence-corrected chi connectivity index (χ2v) is 4.49. The van der Waals surface area contributed by atoms with Gasteiger partial charge in [0.15, 0.2) is 0 Å². The zero-order valence-electron chi connectivity index (χ0n) is 10.2. The number of hydrogen-bond acceptors (Lipinski definition) is 2. The molecule has 3 nitrogen and oxygen atoms in total. The standard InChI is InChI=1S/C13H16FN3/c1-8(2)13-10(7-17(3)16-13)9-4-5-12(15)11(14)6-9/h4-8H,15H2,1-3H3. The number of anilines is 1. The first kappa shape index (κ1) is 11.6. The summed E-state index contributed by atoms with van der Waals surface area (Å²) in [7, 11) is 1.86. The summed E-state index contributed by atoms with van der Waals surface area (Å²) in [5.74, 6) is -0.0899. The van der Waals surface area contributed by atoms with Gasteiger partial charge in [0.05, 0.1) is 11.4 Å². The van der Waals surface area contributed by atoms with E-state index in [9.17, 15) is 4.39 Å². The van der Waals surface area contributed by atoms with E-state index in [2.05, 4.69) is 18.9 Å². The van der Waals surface area contributed by atoms with Crippen molar-refractivity contribution < 1.29 is 4.39 Å². The summed E-state index contributed by atoms with van der Waals surface area (Å²) in [5, 5.41) is 4.40. The van der Waals surface area contributed by atoms with Crippen molar-refractivity contribution in [2.24, 2.45) is 7.05 Å². The van der Waals surface area contributed by atoms with Gasteiger partial charge in [-0.1, -0.05) is 19.9 Å². The summed E-state index contributed by atoms with van der Waals surface area (Å²) in [6.45, 7) is 4.14. The molecular formula is C13H16FN3. The van der Waals surface area contributed by atoms with Crippen molar-refractivity contribution in [3.8, 4) is 11.1 Å². The Hall–Kier alpha value is -1.84. The fraction of sp³-hybridized carbons (Fsp3) is 0.308. The molecule has 90 valence electrons. The van der Waals surface area contributed by atoms with Gasteiger partial charge in [-0.05, 0) is 23.6 Å². The molecule has 1 heterocycles. The van der Waals surface area contributed by atoms with Crippen LogP contribution in [0, 0.1) is 5.82 Å². The molecule has 2 rings (SSSR count). The minimum Gasteiger partial charge on any atom is -0.396 e. The molecule has 0 atom stereocenters. The lowest BCUT2D eigenvalue weighted by Gasteiger charge is -2.06. The van der Waals surface area contributed by atoms with Gasteiger partial charge in [-0.3, -0.25) is 4.68 Å². The second-order valence-electron chi connectivity index (χ2n) is 4.49. The van der Waals surface area contributed by atoms with Gasteiger partial charge in [0.1, 0.15) is 5.82 Å². The Morgan fingerprint density at radius 3 is 2.65 bits per heavy atom. The normalized spacial score (nSPS) is 11.1. The number of aryl methyl sites for hydroxylation is 1. The molecule has 2 aromatic rings. The molecule has 0 bridgehead atoms. The summed E-state index contributed by atoms with van der Waals surface area (Å²) < 4.78 is 15.2. The van der Waals surface area contributed by atoms with Crippen LogP contribution < -0.4 is 5.73 Å². The molecule has 0 amide bonds. The van der Waals surface area contributed by atoms with Gasteiger partial charge >= 0.3 is 0 Å². The molecule has 0 saturated carbocycles. The highest BCUT2D eigenvalue weighted by molar-refractivity contribution is 5.68. The van der Waals surface area contributed by atoms with Gasteiger partial charge in [0.25, 0.3) is 0 Å². The second kappa shape index (κ2) is 4.20. The Labute approximate surface area is 100 Å². The van der Waals surface area contributed by atoms with Crippen LogP contribution in [0.5, 0.6) is 0 Å². The number of nitrogen functional groups attached to an aromatic ring is 1.